The van der Waals surface area contributed by atoms with E-state index in [2.05, 4.69) is 20.7 Å². The van der Waals surface area contributed by atoms with E-state index in [0.717, 1.165) is 10.5 Å². The number of amides is 6. The average molecular weight is 749 g/mol. The summed E-state index contributed by atoms with van der Waals surface area (Å²) in [5.41, 5.74) is 1.70. The zero-order valence-corrected chi connectivity index (χ0v) is 31.4. The number of imide groups is 1. The molecule has 6 amide bonds. The highest BCUT2D eigenvalue weighted by Gasteiger charge is 2.58. The molecule has 1 heterocycles. The summed E-state index contributed by atoms with van der Waals surface area (Å²) in [5.74, 6) is -3.37. The predicted molar refractivity (Wildman–Crippen MR) is 201 cm³/mol. The van der Waals surface area contributed by atoms with Crippen LogP contribution in [0.5, 0.6) is 0 Å². The molecule has 0 aliphatic carbocycles. The van der Waals surface area contributed by atoms with E-state index in [9.17, 15) is 37.5 Å². The minimum absolute atomic E-state index is 0.0290. The van der Waals surface area contributed by atoms with Gasteiger partial charge in [0.25, 0.3) is 5.91 Å². The predicted octanol–water partition coefficient (Wildman–Crippen LogP) is 5.02. The standard InChI is InChI=1S/C38H48N6O8S/c1-6-7-21-53(51,52)42-31(34(46)47)23-39-33(45)32(22-25(2)3)44-35(48)38(5,28-14-9-8-10-15-28)43(37(44)50)24-27-17-19-29(20-18-27)40-36(49)41-30-16-12-11-13-26(30)4/h8-20,25,31-32,42H,6-7,21-24H2,1-5H3,(H,39,45)(H,46,47)(H2,40,41,49)/t31-,32-,38-/m0/s1. The number of hydrogen-bond acceptors (Lipinski definition) is 7. The Morgan fingerprint density at radius 1 is 0.906 bits per heavy atom. The molecule has 14 nitrogen and oxygen atoms in total. The van der Waals surface area contributed by atoms with Crippen LogP contribution >= 0.6 is 0 Å². The molecule has 15 heteroatoms. The summed E-state index contributed by atoms with van der Waals surface area (Å²) >= 11 is 0. The summed E-state index contributed by atoms with van der Waals surface area (Å²) in [4.78, 5) is 69.6. The lowest BCUT2D eigenvalue weighted by molar-refractivity contribution is -0.141. The fourth-order valence-corrected chi connectivity index (χ4v) is 7.46. The largest absolute Gasteiger partial charge is 0.480 e. The number of carboxylic acid groups (broad SMARTS) is 1. The van der Waals surface area contributed by atoms with Crippen molar-refractivity contribution in [3.63, 3.8) is 0 Å². The van der Waals surface area contributed by atoms with Crippen molar-refractivity contribution in [2.75, 3.05) is 22.9 Å². The molecule has 53 heavy (non-hydrogen) atoms. The quantitative estimate of drug-likeness (QED) is 0.119. The SMILES string of the molecule is CCCCS(=O)(=O)N[C@@H](CNC(=O)[C@H](CC(C)C)N1C(=O)N(Cc2ccc(NC(=O)Nc3ccccc3C)cc2)[C@@](C)(c2ccccc2)C1=O)C(=O)O. The van der Waals surface area contributed by atoms with E-state index in [0.29, 0.717) is 35.3 Å². The van der Waals surface area contributed by atoms with Gasteiger partial charge in [-0.3, -0.25) is 14.4 Å². The number of carbonyl (C=O) groups is 5. The monoisotopic (exact) mass is 748 g/mol. The Labute approximate surface area is 310 Å². The normalized spacial score (nSPS) is 17.1. The summed E-state index contributed by atoms with van der Waals surface area (Å²) in [6.07, 6.45) is 0.971. The summed E-state index contributed by atoms with van der Waals surface area (Å²) in [6, 6.07) is 18.7. The van der Waals surface area contributed by atoms with Gasteiger partial charge in [-0.25, -0.2) is 22.9 Å². The van der Waals surface area contributed by atoms with E-state index < -0.39 is 64.0 Å². The number of anilines is 2. The molecule has 5 N–H and O–H groups in total. The molecule has 0 aromatic heterocycles. The van der Waals surface area contributed by atoms with E-state index in [1.807, 2.05) is 39.0 Å². The second kappa shape index (κ2) is 17.5. The highest BCUT2D eigenvalue weighted by molar-refractivity contribution is 7.89. The van der Waals surface area contributed by atoms with E-state index in [1.165, 1.54) is 4.90 Å². The van der Waals surface area contributed by atoms with E-state index in [1.54, 1.807) is 74.5 Å². The maximum atomic E-state index is 14.5. The lowest BCUT2D eigenvalue weighted by Gasteiger charge is -2.32. The molecule has 1 saturated heterocycles. The number of nitrogens with zero attached hydrogens (tertiary/aromatic N) is 2. The first-order valence-corrected chi connectivity index (χ1v) is 19.2. The van der Waals surface area contributed by atoms with Gasteiger partial charge in [-0.2, -0.15) is 4.72 Å². The number of hydrogen-bond donors (Lipinski definition) is 5. The van der Waals surface area contributed by atoms with Gasteiger partial charge in [0.1, 0.15) is 17.6 Å². The molecule has 0 bridgehead atoms. The van der Waals surface area contributed by atoms with Crippen molar-refractivity contribution in [1.82, 2.24) is 19.8 Å². The van der Waals surface area contributed by atoms with Crippen LogP contribution < -0.4 is 20.7 Å². The number of rotatable bonds is 17. The molecular weight excluding hydrogens is 701 g/mol. The molecule has 1 aliphatic rings. The van der Waals surface area contributed by atoms with Gasteiger partial charge in [-0.1, -0.05) is 87.9 Å². The Morgan fingerprint density at radius 2 is 1.55 bits per heavy atom. The van der Waals surface area contributed by atoms with E-state index in [4.69, 9.17) is 0 Å². The lowest BCUT2D eigenvalue weighted by Crippen LogP contribution is -2.55. The Balaban J connectivity index is 1.58. The van der Waals surface area contributed by atoms with E-state index >= 15 is 0 Å². The first kappa shape index (κ1) is 40.5. The zero-order valence-electron chi connectivity index (χ0n) is 30.6. The fourth-order valence-electron chi connectivity index (χ4n) is 6.06. The van der Waals surface area contributed by atoms with Crippen LogP contribution in [0.3, 0.4) is 0 Å². The number of aryl methyl sites for hydroxylation is 1. The van der Waals surface area contributed by atoms with Crippen LogP contribution in [-0.4, -0.2) is 77.6 Å². The van der Waals surface area contributed by atoms with Crippen molar-refractivity contribution >= 4 is 51.2 Å². The number of unbranched alkanes of at least 4 members (excludes halogenated alkanes) is 1. The van der Waals surface area contributed by atoms with Crippen LogP contribution in [-0.2, 0) is 36.5 Å². The summed E-state index contributed by atoms with van der Waals surface area (Å²) < 4.78 is 27.0. The molecular formula is C38H48N6O8S. The third-order valence-corrected chi connectivity index (χ3v) is 10.5. The molecule has 3 aromatic rings. The van der Waals surface area contributed by atoms with Gasteiger partial charge in [-0.05, 0) is 67.5 Å². The minimum Gasteiger partial charge on any atom is -0.480 e. The molecule has 4 rings (SSSR count). The third kappa shape index (κ3) is 9.99. The van der Waals surface area contributed by atoms with Crippen LogP contribution in [0, 0.1) is 12.8 Å². The molecule has 0 spiro atoms. The number of carbonyl (C=O) groups excluding carboxylic acids is 4. The molecule has 0 unspecified atom stereocenters. The first-order valence-electron chi connectivity index (χ1n) is 17.5. The number of nitrogens with one attached hydrogen (secondary N) is 4. The molecule has 284 valence electrons. The Hall–Kier alpha value is -5.28. The third-order valence-electron chi connectivity index (χ3n) is 9.07. The minimum atomic E-state index is -3.95. The summed E-state index contributed by atoms with van der Waals surface area (Å²) in [7, 11) is -3.95. The van der Waals surface area contributed by atoms with Gasteiger partial charge < -0.3 is 26.0 Å². The molecule has 1 fully saturated rings. The molecule has 0 saturated carbocycles. The van der Waals surface area contributed by atoms with Crippen LogP contribution in [0.25, 0.3) is 0 Å². The van der Waals surface area contributed by atoms with Gasteiger partial charge >= 0.3 is 18.0 Å². The van der Waals surface area contributed by atoms with Crippen LogP contribution in [0.2, 0.25) is 0 Å². The second-order valence-corrected chi connectivity index (χ2v) is 15.5. The maximum Gasteiger partial charge on any atom is 0.329 e. The maximum absolute atomic E-state index is 14.5. The number of benzene rings is 3. The average Bonchev–Trinajstić information content (AvgIpc) is 3.30. The van der Waals surface area contributed by atoms with Crippen LogP contribution in [0.4, 0.5) is 21.0 Å². The topological polar surface area (TPSA) is 194 Å². The lowest BCUT2D eigenvalue weighted by atomic mass is 9.89. The second-order valence-electron chi connectivity index (χ2n) is 13.6. The van der Waals surface area contributed by atoms with Gasteiger partial charge in [0.05, 0.1) is 5.75 Å². The van der Waals surface area contributed by atoms with Crippen molar-refractivity contribution in [1.29, 1.82) is 0 Å². The van der Waals surface area contributed by atoms with E-state index in [-0.39, 0.29) is 24.6 Å². The van der Waals surface area contributed by atoms with Crippen LogP contribution in [0.1, 0.15) is 63.6 Å². The number of urea groups is 2. The highest BCUT2D eigenvalue weighted by Crippen LogP contribution is 2.40. The molecule has 3 aromatic carbocycles. The Morgan fingerprint density at radius 3 is 2.15 bits per heavy atom. The smallest absolute Gasteiger partial charge is 0.329 e. The molecule has 0 radical (unpaired) electrons. The number of carboxylic acids is 1. The Kier molecular flexibility index (Phi) is 13.4. The van der Waals surface area contributed by atoms with Gasteiger partial charge in [0.2, 0.25) is 15.9 Å². The van der Waals surface area contributed by atoms with Crippen molar-refractivity contribution in [3.8, 4) is 0 Å². The van der Waals surface area contributed by atoms with Crippen molar-refractivity contribution < 1.29 is 37.5 Å². The highest BCUT2D eigenvalue weighted by atomic mass is 32.2. The zero-order chi connectivity index (χ0) is 38.9. The van der Waals surface area contributed by atoms with Crippen molar-refractivity contribution in [3.05, 3.63) is 95.6 Å². The van der Waals surface area contributed by atoms with Gasteiger partial charge in [0.15, 0.2) is 0 Å². The first-order chi connectivity index (χ1) is 25.1. The number of aliphatic carboxylic acids is 1. The fraction of sp³-hybridized carbons (Fsp3) is 0.395. The molecule has 1 aliphatic heterocycles. The number of sulfonamides is 1. The number of para-hydroxylation sites is 1. The summed E-state index contributed by atoms with van der Waals surface area (Å²) in [6.45, 7) is 8.30. The van der Waals surface area contributed by atoms with Crippen molar-refractivity contribution in [2.24, 2.45) is 5.92 Å². The Bertz CT molecular complexity index is 1900. The van der Waals surface area contributed by atoms with Gasteiger partial charge in [0, 0.05) is 24.5 Å². The van der Waals surface area contributed by atoms with Gasteiger partial charge in [-0.15, -0.1) is 0 Å². The van der Waals surface area contributed by atoms with Crippen LogP contribution in [0.15, 0.2) is 78.9 Å². The summed E-state index contributed by atoms with van der Waals surface area (Å²) in [5, 5.41) is 17.8. The van der Waals surface area contributed by atoms with Crippen molar-refractivity contribution in [2.45, 2.75) is 78.0 Å². The molecule has 3 atom stereocenters.